The lowest BCUT2D eigenvalue weighted by molar-refractivity contribution is 0.205. The average Bonchev–Trinajstić information content (AvgIpc) is 2.67. The number of rotatable bonds is 14. The van der Waals surface area contributed by atoms with E-state index in [9.17, 15) is 0 Å². The summed E-state index contributed by atoms with van der Waals surface area (Å²) in [4.78, 5) is 11.1. The van der Waals surface area contributed by atoms with Crippen molar-refractivity contribution in [3.8, 4) is 6.01 Å². The molecule has 7 heteroatoms. The normalized spacial score (nSPS) is 11.7. The van der Waals surface area contributed by atoms with Crippen molar-refractivity contribution in [2.75, 3.05) is 31.7 Å². The highest BCUT2D eigenvalue weighted by Crippen LogP contribution is 2.16. The molecule has 1 rings (SSSR count). The van der Waals surface area contributed by atoms with Crippen molar-refractivity contribution in [3.05, 3.63) is 23.7 Å². The van der Waals surface area contributed by atoms with Crippen molar-refractivity contribution in [1.29, 1.82) is 0 Å². The lowest BCUT2D eigenvalue weighted by Crippen LogP contribution is -2.20. The van der Waals surface area contributed by atoms with E-state index in [-0.39, 0.29) is 0 Å². The number of unbranched alkanes of at least 4 members (excludes halogenated alkanes) is 2. The molecule has 7 nitrogen and oxygen atoms in total. The Morgan fingerprint density at radius 1 is 1.19 bits per heavy atom. The van der Waals surface area contributed by atoms with Gasteiger partial charge in [-0.2, -0.15) is 15.1 Å². The Balaban J connectivity index is 2.78. The zero-order valence-corrected chi connectivity index (χ0v) is 17.5. The van der Waals surface area contributed by atoms with Gasteiger partial charge in [-0.3, -0.25) is 0 Å². The van der Waals surface area contributed by atoms with Crippen molar-refractivity contribution < 1.29 is 9.47 Å². The minimum absolute atomic E-state index is 0.410. The summed E-state index contributed by atoms with van der Waals surface area (Å²) in [5, 5.41) is 4.26. The van der Waals surface area contributed by atoms with E-state index in [2.05, 4.69) is 39.2 Å². The van der Waals surface area contributed by atoms with Crippen LogP contribution in [0.15, 0.2) is 23.1 Å². The van der Waals surface area contributed by atoms with Gasteiger partial charge in [0.2, 0.25) is 5.88 Å². The van der Waals surface area contributed by atoms with Crippen LogP contribution in [0.3, 0.4) is 0 Å². The van der Waals surface area contributed by atoms with E-state index in [0.717, 1.165) is 43.7 Å². The summed E-state index contributed by atoms with van der Waals surface area (Å²) >= 11 is 0. The number of hydrogen-bond donors (Lipinski definition) is 1. The first-order valence-corrected chi connectivity index (χ1v) is 9.96. The van der Waals surface area contributed by atoms with Crippen LogP contribution in [0.5, 0.6) is 6.01 Å². The van der Waals surface area contributed by atoms with Crippen molar-refractivity contribution >= 4 is 12.0 Å². The maximum absolute atomic E-state index is 5.52. The molecule has 0 spiro atoms. The number of ether oxygens (including phenoxy) is 2. The van der Waals surface area contributed by atoms with Gasteiger partial charge in [0.25, 0.3) is 0 Å². The molecular weight excluding hydrogens is 342 g/mol. The molecule has 0 aromatic carbocycles. The molecule has 0 radical (unpaired) electrons. The van der Waals surface area contributed by atoms with Crippen LogP contribution >= 0.6 is 0 Å². The van der Waals surface area contributed by atoms with Gasteiger partial charge in [0.15, 0.2) is 0 Å². The molecule has 0 unspecified atom stereocenters. The van der Waals surface area contributed by atoms with Gasteiger partial charge in [0, 0.05) is 32.3 Å². The fourth-order valence-electron chi connectivity index (χ4n) is 2.28. The van der Waals surface area contributed by atoms with Gasteiger partial charge in [0.05, 0.1) is 18.9 Å². The second kappa shape index (κ2) is 13.8. The van der Waals surface area contributed by atoms with Crippen molar-refractivity contribution in [2.24, 2.45) is 5.10 Å². The van der Waals surface area contributed by atoms with Crippen LogP contribution in [0.1, 0.15) is 59.1 Å². The molecule has 152 valence electrons. The molecule has 0 atom stereocenters. The maximum Gasteiger partial charge on any atom is 0.318 e. The van der Waals surface area contributed by atoms with E-state index in [1.165, 1.54) is 0 Å². The molecule has 1 aromatic rings. The lowest BCUT2D eigenvalue weighted by Gasteiger charge is -2.18. The van der Waals surface area contributed by atoms with Gasteiger partial charge in [0.1, 0.15) is 5.82 Å². The van der Waals surface area contributed by atoms with Gasteiger partial charge >= 0.3 is 6.01 Å². The predicted octanol–water partition coefficient (Wildman–Crippen LogP) is 3.91. The van der Waals surface area contributed by atoms with Gasteiger partial charge in [-0.15, -0.1) is 0 Å². The zero-order valence-electron chi connectivity index (χ0n) is 17.5. The van der Waals surface area contributed by atoms with E-state index < -0.39 is 0 Å². The Kier molecular flexibility index (Phi) is 11.6. The first-order chi connectivity index (χ1) is 13.1. The van der Waals surface area contributed by atoms with Crippen LogP contribution in [0, 0.1) is 0 Å². The third-order valence-corrected chi connectivity index (χ3v) is 3.74. The molecular formula is C20H35N5O2. The summed E-state index contributed by atoms with van der Waals surface area (Å²) in [6.45, 7) is 10.3. The van der Waals surface area contributed by atoms with E-state index in [1.54, 1.807) is 6.21 Å². The third-order valence-electron chi connectivity index (χ3n) is 3.74. The molecule has 0 amide bonds. The minimum Gasteiger partial charge on any atom is -0.479 e. The van der Waals surface area contributed by atoms with Crippen LogP contribution in [0.4, 0.5) is 5.82 Å². The molecule has 0 saturated heterocycles. The SMILES string of the molecule is CCC/C=C(/N/N=C/Cc1cc(N(C)CCCC)nc(OCC)n1)OCC. The summed E-state index contributed by atoms with van der Waals surface area (Å²) in [5.74, 6) is 1.56. The summed E-state index contributed by atoms with van der Waals surface area (Å²) < 4.78 is 11.0. The quantitative estimate of drug-likeness (QED) is 0.301. The fraction of sp³-hybridized carbons (Fsp3) is 0.650. The average molecular weight is 378 g/mol. The van der Waals surface area contributed by atoms with Crippen molar-refractivity contribution in [3.63, 3.8) is 0 Å². The summed E-state index contributed by atoms with van der Waals surface area (Å²) in [5.41, 5.74) is 3.82. The van der Waals surface area contributed by atoms with Crippen molar-refractivity contribution in [1.82, 2.24) is 15.4 Å². The molecule has 0 bridgehead atoms. The van der Waals surface area contributed by atoms with E-state index in [1.807, 2.05) is 33.0 Å². The van der Waals surface area contributed by atoms with Crippen molar-refractivity contribution in [2.45, 2.75) is 59.8 Å². The molecule has 27 heavy (non-hydrogen) atoms. The van der Waals surface area contributed by atoms with Crippen LogP contribution < -0.4 is 15.1 Å². The van der Waals surface area contributed by atoms with Crippen LogP contribution in [-0.2, 0) is 11.2 Å². The molecule has 0 saturated carbocycles. The topological polar surface area (TPSA) is 71.9 Å². The highest BCUT2D eigenvalue weighted by molar-refractivity contribution is 5.61. The van der Waals surface area contributed by atoms with Gasteiger partial charge in [-0.05, 0) is 32.8 Å². The fourth-order valence-corrected chi connectivity index (χ4v) is 2.28. The monoisotopic (exact) mass is 377 g/mol. The van der Waals surface area contributed by atoms with E-state index in [4.69, 9.17) is 9.47 Å². The number of anilines is 1. The number of allylic oxidation sites excluding steroid dienone is 1. The second-order valence-electron chi connectivity index (χ2n) is 6.13. The summed E-state index contributed by atoms with van der Waals surface area (Å²) in [6.07, 6.45) is 8.66. The second-order valence-corrected chi connectivity index (χ2v) is 6.13. The molecule has 0 aliphatic heterocycles. The van der Waals surface area contributed by atoms with E-state index >= 15 is 0 Å². The first-order valence-electron chi connectivity index (χ1n) is 9.96. The predicted molar refractivity (Wildman–Crippen MR) is 111 cm³/mol. The number of hydrazone groups is 1. The largest absolute Gasteiger partial charge is 0.479 e. The Morgan fingerprint density at radius 2 is 2.00 bits per heavy atom. The summed E-state index contributed by atoms with van der Waals surface area (Å²) in [7, 11) is 2.04. The number of nitrogens with one attached hydrogen (secondary N) is 1. The smallest absolute Gasteiger partial charge is 0.318 e. The first kappa shape index (κ1) is 22.7. The van der Waals surface area contributed by atoms with Gasteiger partial charge in [-0.25, -0.2) is 5.43 Å². The number of aromatic nitrogens is 2. The molecule has 1 N–H and O–H groups in total. The Labute approximate surface area is 163 Å². The summed E-state index contributed by atoms with van der Waals surface area (Å²) in [6, 6.07) is 2.40. The highest BCUT2D eigenvalue weighted by Gasteiger charge is 2.09. The van der Waals surface area contributed by atoms with Crippen LogP contribution in [0.25, 0.3) is 0 Å². The Morgan fingerprint density at radius 3 is 2.67 bits per heavy atom. The molecule has 1 heterocycles. The Bertz CT molecular complexity index is 590. The zero-order chi connectivity index (χ0) is 19.9. The maximum atomic E-state index is 5.52. The minimum atomic E-state index is 0.410. The van der Waals surface area contributed by atoms with Crippen LogP contribution in [-0.4, -0.2) is 43.0 Å². The third kappa shape index (κ3) is 9.26. The number of hydrogen-bond acceptors (Lipinski definition) is 7. The molecule has 1 aromatic heterocycles. The molecule has 0 aliphatic carbocycles. The van der Waals surface area contributed by atoms with Gasteiger partial charge in [-0.1, -0.05) is 26.7 Å². The van der Waals surface area contributed by atoms with E-state index in [0.29, 0.717) is 31.5 Å². The molecule has 0 fully saturated rings. The Hall–Kier alpha value is -2.31. The van der Waals surface area contributed by atoms with Gasteiger partial charge < -0.3 is 14.4 Å². The lowest BCUT2D eigenvalue weighted by atomic mass is 10.3. The number of nitrogens with zero attached hydrogens (tertiary/aromatic N) is 4. The highest BCUT2D eigenvalue weighted by atomic mass is 16.5. The standard InChI is InChI=1S/C20H35N5O2/c1-6-10-12-19(26-8-3)24-21-14-13-17-16-18(25(5)15-11-7-2)23-20(22-17)27-9-4/h12,14,16,24H,6-11,13,15H2,1-5H3/b19-12-,21-14+. The molecule has 0 aliphatic rings. The van der Waals surface area contributed by atoms with Crippen LogP contribution in [0.2, 0.25) is 0 Å².